The molecule has 1 aromatic heterocycles. The van der Waals surface area contributed by atoms with Gasteiger partial charge in [-0.3, -0.25) is 4.79 Å². The summed E-state index contributed by atoms with van der Waals surface area (Å²) >= 11 is 5.80. The fraction of sp³-hybridized carbons (Fsp3) is 0.429. The van der Waals surface area contributed by atoms with Gasteiger partial charge in [0.05, 0.1) is 17.6 Å². The first kappa shape index (κ1) is 17.7. The first-order chi connectivity index (χ1) is 11.3. The zero-order valence-electron chi connectivity index (χ0n) is 12.7. The summed E-state index contributed by atoms with van der Waals surface area (Å²) in [6, 6.07) is 1.56. The molecule has 8 nitrogen and oxygen atoms in total. The number of nitriles is 1. The molecular formula is C14H15ClFN5O3. The number of hydrogen-bond acceptors (Lipinski definition) is 5. The van der Waals surface area contributed by atoms with E-state index in [2.05, 4.69) is 15.6 Å². The van der Waals surface area contributed by atoms with Gasteiger partial charge in [-0.25, -0.2) is 14.2 Å². The summed E-state index contributed by atoms with van der Waals surface area (Å²) in [7, 11) is 0. The number of carbonyl (C=O) groups excluding carboxylic acids is 1. The SMILES string of the molecule is CC(=O)N1CCC(Nc2nc(Cl)c(C#N)cc2F)C(NC(=O)O)C1. The standard InChI is InChI=1S/C14H15ClFN5O3/c1-7(22)21-3-2-10(11(6-21)19-14(23)24)18-13-9(16)4-8(5-17)12(15)20-13/h4,10-11,19H,2-3,6H2,1H3,(H,18,20)(H,23,24). The number of carbonyl (C=O) groups is 2. The molecule has 3 N–H and O–H groups in total. The quantitative estimate of drug-likeness (QED) is 0.705. The topological polar surface area (TPSA) is 118 Å². The van der Waals surface area contributed by atoms with Gasteiger partial charge in [-0.15, -0.1) is 0 Å². The highest BCUT2D eigenvalue weighted by Gasteiger charge is 2.32. The molecule has 2 unspecified atom stereocenters. The van der Waals surface area contributed by atoms with Crippen molar-refractivity contribution in [1.29, 1.82) is 5.26 Å². The van der Waals surface area contributed by atoms with Crippen LogP contribution in [0, 0.1) is 17.1 Å². The van der Waals surface area contributed by atoms with Crippen LogP contribution in [0.25, 0.3) is 0 Å². The summed E-state index contributed by atoms with van der Waals surface area (Å²) < 4.78 is 14.0. The molecule has 2 heterocycles. The second-order valence-electron chi connectivity index (χ2n) is 5.33. The van der Waals surface area contributed by atoms with E-state index in [4.69, 9.17) is 22.0 Å². The number of aromatic nitrogens is 1. The monoisotopic (exact) mass is 355 g/mol. The summed E-state index contributed by atoms with van der Waals surface area (Å²) in [6.07, 6.45) is -0.855. The summed E-state index contributed by atoms with van der Waals surface area (Å²) in [5.41, 5.74) is -0.0914. The summed E-state index contributed by atoms with van der Waals surface area (Å²) in [4.78, 5) is 27.7. The van der Waals surface area contributed by atoms with Crippen LogP contribution in [0.3, 0.4) is 0 Å². The molecule has 2 rings (SSSR count). The second kappa shape index (κ2) is 7.31. The fourth-order valence-corrected chi connectivity index (χ4v) is 2.72. The number of anilines is 1. The van der Waals surface area contributed by atoms with Crippen molar-refractivity contribution >= 4 is 29.4 Å². The van der Waals surface area contributed by atoms with Crippen molar-refractivity contribution in [3.05, 3.63) is 22.6 Å². The molecule has 0 aliphatic carbocycles. The maximum absolute atomic E-state index is 14.0. The average molecular weight is 356 g/mol. The molecule has 128 valence electrons. The average Bonchev–Trinajstić information content (AvgIpc) is 2.51. The Bertz CT molecular complexity index is 708. The lowest BCUT2D eigenvalue weighted by Gasteiger charge is -2.38. The third-order valence-corrected chi connectivity index (χ3v) is 4.03. The van der Waals surface area contributed by atoms with E-state index >= 15 is 0 Å². The molecule has 1 aliphatic heterocycles. The van der Waals surface area contributed by atoms with Gasteiger partial charge in [0.15, 0.2) is 11.6 Å². The van der Waals surface area contributed by atoms with E-state index in [1.54, 1.807) is 6.07 Å². The minimum absolute atomic E-state index is 0.0914. The van der Waals surface area contributed by atoms with Gasteiger partial charge in [-0.05, 0) is 12.5 Å². The van der Waals surface area contributed by atoms with Crippen molar-refractivity contribution in [3.63, 3.8) is 0 Å². The number of amides is 2. The van der Waals surface area contributed by atoms with E-state index < -0.39 is 24.0 Å². The highest BCUT2D eigenvalue weighted by molar-refractivity contribution is 6.30. The molecule has 0 radical (unpaired) electrons. The van der Waals surface area contributed by atoms with Crippen LogP contribution in [0.15, 0.2) is 6.07 Å². The molecule has 24 heavy (non-hydrogen) atoms. The minimum Gasteiger partial charge on any atom is -0.465 e. The van der Waals surface area contributed by atoms with Crippen LogP contribution in [-0.2, 0) is 4.79 Å². The van der Waals surface area contributed by atoms with Crippen LogP contribution < -0.4 is 10.6 Å². The zero-order valence-corrected chi connectivity index (χ0v) is 13.5. The smallest absolute Gasteiger partial charge is 0.405 e. The van der Waals surface area contributed by atoms with E-state index in [-0.39, 0.29) is 29.0 Å². The van der Waals surface area contributed by atoms with Gasteiger partial charge in [0, 0.05) is 20.0 Å². The molecule has 0 bridgehead atoms. The highest BCUT2D eigenvalue weighted by Crippen LogP contribution is 2.23. The molecule has 0 aromatic carbocycles. The molecule has 1 saturated heterocycles. The minimum atomic E-state index is -1.25. The lowest BCUT2D eigenvalue weighted by Crippen LogP contribution is -2.58. The van der Waals surface area contributed by atoms with Crippen molar-refractivity contribution in [2.24, 2.45) is 0 Å². The van der Waals surface area contributed by atoms with Crippen LogP contribution in [-0.4, -0.2) is 52.2 Å². The molecule has 2 atom stereocenters. The Balaban J connectivity index is 2.20. The number of rotatable bonds is 3. The van der Waals surface area contributed by atoms with Crippen LogP contribution in [0.1, 0.15) is 18.9 Å². The maximum Gasteiger partial charge on any atom is 0.405 e. The molecule has 1 aromatic rings. The van der Waals surface area contributed by atoms with Crippen molar-refractivity contribution in [2.45, 2.75) is 25.4 Å². The van der Waals surface area contributed by atoms with Crippen molar-refractivity contribution in [3.8, 4) is 6.07 Å². The fourth-order valence-electron chi connectivity index (χ4n) is 2.54. The Labute approximate surface area is 142 Å². The van der Waals surface area contributed by atoms with E-state index in [9.17, 15) is 14.0 Å². The Hall–Kier alpha value is -2.60. The number of likely N-dealkylation sites (tertiary alicyclic amines) is 1. The number of piperidine rings is 1. The lowest BCUT2D eigenvalue weighted by molar-refractivity contribution is -0.130. The molecule has 1 fully saturated rings. The van der Waals surface area contributed by atoms with Gasteiger partial charge in [0.25, 0.3) is 0 Å². The number of halogens is 2. The van der Waals surface area contributed by atoms with Gasteiger partial charge < -0.3 is 20.6 Å². The Morgan fingerprint density at radius 3 is 2.83 bits per heavy atom. The Kier molecular flexibility index (Phi) is 5.41. The molecule has 0 spiro atoms. The van der Waals surface area contributed by atoms with E-state index in [1.165, 1.54) is 11.8 Å². The van der Waals surface area contributed by atoms with Crippen LogP contribution in [0.2, 0.25) is 5.15 Å². The maximum atomic E-state index is 14.0. The van der Waals surface area contributed by atoms with Gasteiger partial charge in [-0.1, -0.05) is 11.6 Å². The Morgan fingerprint density at radius 1 is 1.54 bits per heavy atom. The van der Waals surface area contributed by atoms with Crippen molar-refractivity contribution < 1.29 is 19.1 Å². The van der Waals surface area contributed by atoms with E-state index in [1.807, 2.05) is 0 Å². The van der Waals surface area contributed by atoms with Crippen LogP contribution in [0.4, 0.5) is 15.0 Å². The van der Waals surface area contributed by atoms with Gasteiger partial charge in [0.2, 0.25) is 5.91 Å². The van der Waals surface area contributed by atoms with Gasteiger partial charge >= 0.3 is 6.09 Å². The first-order valence-corrected chi connectivity index (χ1v) is 7.47. The summed E-state index contributed by atoms with van der Waals surface area (Å²) in [5.74, 6) is -1.10. The Morgan fingerprint density at radius 2 is 2.25 bits per heavy atom. The van der Waals surface area contributed by atoms with Crippen molar-refractivity contribution in [2.75, 3.05) is 18.4 Å². The largest absolute Gasteiger partial charge is 0.465 e. The molecule has 1 aliphatic rings. The normalized spacial score (nSPS) is 20.2. The summed E-state index contributed by atoms with van der Waals surface area (Å²) in [6.45, 7) is 1.95. The molecule has 2 amide bonds. The molecular weight excluding hydrogens is 341 g/mol. The van der Waals surface area contributed by atoms with E-state index in [0.717, 1.165) is 6.07 Å². The second-order valence-corrected chi connectivity index (χ2v) is 5.69. The lowest BCUT2D eigenvalue weighted by atomic mass is 9.99. The van der Waals surface area contributed by atoms with Crippen molar-refractivity contribution in [1.82, 2.24) is 15.2 Å². The zero-order chi connectivity index (χ0) is 17.9. The third-order valence-electron chi connectivity index (χ3n) is 3.74. The van der Waals surface area contributed by atoms with Crippen LogP contribution in [0.5, 0.6) is 0 Å². The predicted octanol–water partition coefficient (Wildman–Crippen LogP) is 1.41. The van der Waals surface area contributed by atoms with Crippen LogP contribution >= 0.6 is 11.6 Å². The molecule has 10 heteroatoms. The number of nitrogens with zero attached hydrogens (tertiary/aromatic N) is 3. The highest BCUT2D eigenvalue weighted by atomic mass is 35.5. The number of hydrogen-bond donors (Lipinski definition) is 3. The van der Waals surface area contributed by atoms with E-state index in [0.29, 0.717) is 13.0 Å². The molecule has 0 saturated carbocycles. The number of nitrogens with one attached hydrogen (secondary N) is 2. The summed E-state index contributed by atoms with van der Waals surface area (Å²) in [5, 5.41) is 22.7. The number of pyridine rings is 1. The van der Waals surface area contributed by atoms with Gasteiger partial charge in [-0.2, -0.15) is 5.26 Å². The predicted molar refractivity (Wildman–Crippen MR) is 83.2 cm³/mol. The number of carboxylic acid groups (broad SMARTS) is 1. The third kappa shape index (κ3) is 4.02. The van der Waals surface area contributed by atoms with Gasteiger partial charge in [0.1, 0.15) is 11.2 Å². The first-order valence-electron chi connectivity index (χ1n) is 7.09.